The number of fused-ring (bicyclic) bond motifs is 1. The molecular weight excluding hydrogens is 476 g/mol. The molecule has 4 aromatic rings. The molecule has 1 aliphatic heterocycles. The van der Waals surface area contributed by atoms with Gasteiger partial charge in [-0.3, -0.25) is 9.59 Å². The molecule has 0 unspecified atom stereocenters. The van der Waals surface area contributed by atoms with E-state index in [9.17, 15) is 14.7 Å². The maximum atomic E-state index is 12.7. The maximum Gasteiger partial charge on any atom is 0.308 e. The Morgan fingerprint density at radius 1 is 0.944 bits per heavy atom. The summed E-state index contributed by atoms with van der Waals surface area (Å²) in [6.07, 6.45) is 4.19. The minimum absolute atomic E-state index is 0.156. The molecule has 0 fully saturated rings. The topological polar surface area (TPSA) is 95.4 Å². The van der Waals surface area contributed by atoms with E-state index in [0.29, 0.717) is 48.0 Å². The molecule has 1 aromatic heterocycles. The number of halogens is 1. The van der Waals surface area contributed by atoms with Gasteiger partial charge in [-0.2, -0.15) is 0 Å². The lowest BCUT2D eigenvalue weighted by Crippen LogP contribution is -2.24. The number of anilines is 2. The van der Waals surface area contributed by atoms with Gasteiger partial charge in [-0.25, -0.2) is 9.97 Å². The van der Waals surface area contributed by atoms with Crippen molar-refractivity contribution >= 4 is 45.8 Å². The standard InChI is InChI=1S/C28H23ClN4O3/c29-26-23(17-25(34)35)27(33-13-3-4-14-33)32-24(31-26)15-18-7-11-22(12-8-18)30-28(36)21-10-9-19-5-1-2-6-20(19)16-21/h1-12,16H,13-15,17H2,(H,30,36)(H,34,35). The average Bonchev–Trinajstić information content (AvgIpc) is 3.41. The van der Waals surface area contributed by atoms with E-state index < -0.39 is 5.97 Å². The van der Waals surface area contributed by atoms with Crippen LogP contribution in [0.1, 0.15) is 27.3 Å². The Bertz CT molecular complexity index is 1480. The van der Waals surface area contributed by atoms with Crippen LogP contribution in [0.3, 0.4) is 0 Å². The number of nitrogens with zero attached hydrogens (tertiary/aromatic N) is 3. The van der Waals surface area contributed by atoms with Gasteiger partial charge >= 0.3 is 5.97 Å². The summed E-state index contributed by atoms with van der Waals surface area (Å²) in [5.41, 5.74) is 2.62. The van der Waals surface area contributed by atoms with Gasteiger partial charge in [-0.05, 0) is 40.6 Å². The third-order valence-electron chi connectivity index (χ3n) is 6.01. The third kappa shape index (κ3) is 5.21. The molecule has 0 atom stereocenters. The van der Waals surface area contributed by atoms with Gasteiger partial charge in [0.05, 0.1) is 6.42 Å². The number of carbonyl (C=O) groups excluding carboxylic acids is 1. The molecule has 0 saturated carbocycles. The number of hydrogen-bond donors (Lipinski definition) is 2. The zero-order chi connectivity index (χ0) is 25.1. The molecular formula is C28H23ClN4O3. The van der Waals surface area contributed by atoms with Crippen LogP contribution < -0.4 is 10.2 Å². The SMILES string of the molecule is O=C(O)Cc1c(Cl)nc(Cc2ccc(NC(=O)c3ccc4ccccc4c3)cc2)nc1N1CC=CC1. The minimum atomic E-state index is -0.983. The molecule has 8 heteroatoms. The molecule has 1 amide bonds. The summed E-state index contributed by atoms with van der Waals surface area (Å²) in [6, 6.07) is 21.0. The van der Waals surface area contributed by atoms with Crippen molar-refractivity contribution in [3.8, 4) is 0 Å². The van der Waals surface area contributed by atoms with Crippen LogP contribution in [-0.4, -0.2) is 40.0 Å². The molecule has 3 aromatic carbocycles. The van der Waals surface area contributed by atoms with Crippen molar-refractivity contribution in [3.63, 3.8) is 0 Å². The van der Waals surface area contributed by atoms with Gasteiger partial charge in [0.15, 0.2) is 0 Å². The van der Waals surface area contributed by atoms with Crippen LogP contribution in [0.5, 0.6) is 0 Å². The first-order chi connectivity index (χ1) is 17.5. The summed E-state index contributed by atoms with van der Waals surface area (Å²) >= 11 is 6.39. The predicted octanol–water partition coefficient (Wildman–Crippen LogP) is 5.13. The van der Waals surface area contributed by atoms with Crippen molar-refractivity contribution in [2.24, 2.45) is 0 Å². The molecule has 0 bridgehead atoms. The Hall–Kier alpha value is -4.23. The summed E-state index contributed by atoms with van der Waals surface area (Å²) in [7, 11) is 0. The normalized spacial score (nSPS) is 12.8. The smallest absolute Gasteiger partial charge is 0.308 e. The molecule has 1 aliphatic rings. The van der Waals surface area contributed by atoms with E-state index in [1.807, 2.05) is 83.8 Å². The largest absolute Gasteiger partial charge is 0.481 e. The van der Waals surface area contributed by atoms with E-state index in [0.717, 1.165) is 16.3 Å². The Morgan fingerprint density at radius 2 is 1.67 bits per heavy atom. The molecule has 7 nitrogen and oxygen atoms in total. The molecule has 0 spiro atoms. The van der Waals surface area contributed by atoms with Gasteiger partial charge in [0.1, 0.15) is 16.8 Å². The predicted molar refractivity (Wildman–Crippen MR) is 141 cm³/mol. The Morgan fingerprint density at radius 3 is 2.39 bits per heavy atom. The van der Waals surface area contributed by atoms with Crippen molar-refractivity contribution in [2.75, 3.05) is 23.3 Å². The summed E-state index contributed by atoms with van der Waals surface area (Å²) < 4.78 is 0. The molecule has 5 rings (SSSR count). The van der Waals surface area contributed by atoms with Gasteiger partial charge in [0.2, 0.25) is 0 Å². The number of nitrogens with one attached hydrogen (secondary N) is 1. The number of aliphatic carboxylic acids is 1. The quantitative estimate of drug-likeness (QED) is 0.271. The van der Waals surface area contributed by atoms with Crippen molar-refractivity contribution in [1.29, 1.82) is 0 Å². The second-order valence-corrected chi connectivity index (χ2v) is 8.93. The number of hydrogen-bond acceptors (Lipinski definition) is 5. The highest BCUT2D eigenvalue weighted by atomic mass is 35.5. The average molecular weight is 499 g/mol. The van der Waals surface area contributed by atoms with E-state index >= 15 is 0 Å². The molecule has 36 heavy (non-hydrogen) atoms. The third-order valence-corrected chi connectivity index (χ3v) is 6.33. The van der Waals surface area contributed by atoms with E-state index in [-0.39, 0.29) is 17.5 Å². The van der Waals surface area contributed by atoms with Crippen molar-refractivity contribution in [2.45, 2.75) is 12.8 Å². The number of carboxylic acid groups (broad SMARTS) is 1. The van der Waals surface area contributed by atoms with Crippen LogP contribution in [0.25, 0.3) is 10.8 Å². The first-order valence-electron chi connectivity index (χ1n) is 11.5. The van der Waals surface area contributed by atoms with Crippen LogP contribution in [0.4, 0.5) is 11.5 Å². The zero-order valence-electron chi connectivity index (χ0n) is 19.3. The van der Waals surface area contributed by atoms with Crippen LogP contribution in [0.15, 0.2) is 78.9 Å². The Balaban J connectivity index is 1.31. The van der Waals surface area contributed by atoms with E-state index in [1.54, 1.807) is 0 Å². The summed E-state index contributed by atoms with van der Waals surface area (Å²) in [4.78, 5) is 35.1. The van der Waals surface area contributed by atoms with E-state index in [4.69, 9.17) is 11.6 Å². The van der Waals surface area contributed by atoms with Crippen molar-refractivity contribution in [1.82, 2.24) is 9.97 Å². The highest BCUT2D eigenvalue weighted by Gasteiger charge is 2.21. The maximum absolute atomic E-state index is 12.7. The van der Waals surface area contributed by atoms with Gasteiger partial charge in [-0.15, -0.1) is 0 Å². The number of carbonyl (C=O) groups is 2. The minimum Gasteiger partial charge on any atom is -0.481 e. The Labute approximate surface area is 213 Å². The number of rotatable bonds is 7. The fourth-order valence-corrected chi connectivity index (χ4v) is 4.45. The molecule has 2 heterocycles. The Kier molecular flexibility index (Phi) is 6.64. The molecule has 0 radical (unpaired) electrons. The lowest BCUT2D eigenvalue weighted by atomic mass is 10.1. The first kappa shape index (κ1) is 23.5. The fraction of sp³-hybridized carbons (Fsp3) is 0.143. The van der Waals surface area contributed by atoms with Crippen molar-refractivity contribution in [3.05, 3.63) is 107 Å². The van der Waals surface area contributed by atoms with Crippen LogP contribution in [0, 0.1) is 0 Å². The number of amides is 1. The number of carboxylic acids is 1. The van der Waals surface area contributed by atoms with Crippen LogP contribution >= 0.6 is 11.6 Å². The highest BCUT2D eigenvalue weighted by Crippen LogP contribution is 2.27. The fourth-order valence-electron chi connectivity index (χ4n) is 4.20. The van der Waals surface area contributed by atoms with Gasteiger partial charge in [0, 0.05) is 36.3 Å². The lowest BCUT2D eigenvalue weighted by Gasteiger charge is -2.21. The molecule has 2 N–H and O–H groups in total. The molecule has 0 aliphatic carbocycles. The molecule has 0 saturated heterocycles. The van der Waals surface area contributed by atoms with Crippen LogP contribution in [-0.2, 0) is 17.6 Å². The zero-order valence-corrected chi connectivity index (χ0v) is 20.1. The summed E-state index contributed by atoms with van der Waals surface area (Å²) in [5, 5.41) is 14.5. The van der Waals surface area contributed by atoms with Crippen LogP contribution in [0.2, 0.25) is 5.15 Å². The van der Waals surface area contributed by atoms with Gasteiger partial charge in [0.25, 0.3) is 5.91 Å². The number of benzene rings is 3. The second kappa shape index (κ2) is 10.2. The van der Waals surface area contributed by atoms with Gasteiger partial charge in [-0.1, -0.05) is 66.2 Å². The van der Waals surface area contributed by atoms with Gasteiger partial charge < -0.3 is 15.3 Å². The number of aromatic nitrogens is 2. The second-order valence-electron chi connectivity index (χ2n) is 8.57. The summed E-state index contributed by atoms with van der Waals surface area (Å²) in [5.74, 6) is -0.106. The monoisotopic (exact) mass is 498 g/mol. The van der Waals surface area contributed by atoms with E-state index in [2.05, 4.69) is 15.3 Å². The lowest BCUT2D eigenvalue weighted by molar-refractivity contribution is -0.136. The summed E-state index contributed by atoms with van der Waals surface area (Å²) in [6.45, 7) is 1.29. The highest BCUT2D eigenvalue weighted by molar-refractivity contribution is 6.30. The van der Waals surface area contributed by atoms with E-state index in [1.165, 1.54) is 0 Å². The van der Waals surface area contributed by atoms with Crippen molar-refractivity contribution < 1.29 is 14.7 Å². The first-order valence-corrected chi connectivity index (χ1v) is 11.9. The molecule has 180 valence electrons.